The number of aromatic nitrogens is 4. The van der Waals surface area contributed by atoms with E-state index in [4.69, 9.17) is 13.9 Å². The minimum atomic E-state index is -0.430. The van der Waals surface area contributed by atoms with Crippen LogP contribution in [0.5, 0.6) is 11.5 Å². The smallest absolute Gasteiger partial charge is 0.277 e. The van der Waals surface area contributed by atoms with E-state index >= 15 is 0 Å². The molecular weight excluding hydrogens is 394 g/mol. The highest BCUT2D eigenvalue weighted by atomic mass is 32.2. The van der Waals surface area contributed by atoms with E-state index in [2.05, 4.69) is 34.5 Å². The molecule has 4 rings (SSSR count). The number of benzene rings is 1. The average molecular weight is 415 g/mol. The Morgan fingerprint density at radius 3 is 2.90 bits per heavy atom. The molecule has 3 aromatic rings. The summed E-state index contributed by atoms with van der Waals surface area (Å²) in [4.78, 5) is 12.6. The van der Waals surface area contributed by atoms with Gasteiger partial charge in [-0.05, 0) is 38.5 Å². The summed E-state index contributed by atoms with van der Waals surface area (Å²) in [5, 5.41) is 15.2. The third kappa shape index (κ3) is 4.07. The Balaban J connectivity index is 1.41. The van der Waals surface area contributed by atoms with Crippen LogP contribution in [-0.4, -0.2) is 37.9 Å². The summed E-state index contributed by atoms with van der Waals surface area (Å²) >= 11 is 1.20. The van der Waals surface area contributed by atoms with Gasteiger partial charge >= 0.3 is 0 Å². The number of ether oxygens (including phenoxy) is 2. The molecule has 10 heteroatoms. The van der Waals surface area contributed by atoms with Gasteiger partial charge in [-0.3, -0.25) is 4.79 Å². The highest BCUT2D eigenvalue weighted by molar-refractivity contribution is 8.00. The molecule has 1 aliphatic heterocycles. The first kappa shape index (κ1) is 19.3. The molecule has 0 radical (unpaired) electrons. The van der Waals surface area contributed by atoms with E-state index in [-0.39, 0.29) is 18.7 Å². The quantitative estimate of drug-likeness (QED) is 0.582. The molecule has 1 aromatic carbocycles. The Morgan fingerprint density at radius 2 is 2.07 bits per heavy atom. The fourth-order valence-electron chi connectivity index (χ4n) is 2.77. The van der Waals surface area contributed by atoms with Gasteiger partial charge in [-0.25, -0.2) is 4.68 Å². The molecule has 0 saturated heterocycles. The Hall–Kier alpha value is -3.01. The summed E-state index contributed by atoms with van der Waals surface area (Å²) < 4.78 is 18.2. The number of nitrogens with one attached hydrogen (secondary N) is 1. The molecule has 0 spiro atoms. The number of hydrogen-bond acceptors (Lipinski definition) is 8. The Morgan fingerprint density at radius 1 is 1.24 bits per heavy atom. The molecule has 0 saturated carbocycles. The molecule has 1 amide bonds. The Labute approximate surface area is 171 Å². The largest absolute Gasteiger partial charge is 0.454 e. The zero-order chi connectivity index (χ0) is 20.4. The second-order valence-corrected chi connectivity index (χ2v) is 7.90. The fraction of sp³-hybridized carbons (Fsp3) is 0.368. The first-order chi connectivity index (χ1) is 14.0. The lowest BCUT2D eigenvalue weighted by molar-refractivity contribution is -0.115. The highest BCUT2D eigenvalue weighted by Crippen LogP contribution is 2.36. The lowest BCUT2D eigenvalue weighted by Gasteiger charge is -2.15. The van der Waals surface area contributed by atoms with Crippen LogP contribution in [0.4, 0.5) is 5.82 Å². The number of fused-ring (bicyclic) bond motifs is 1. The van der Waals surface area contributed by atoms with Gasteiger partial charge < -0.3 is 19.2 Å². The van der Waals surface area contributed by atoms with Gasteiger partial charge in [0.25, 0.3) is 5.22 Å². The average Bonchev–Trinajstić information content (AvgIpc) is 3.47. The normalized spacial score (nSPS) is 14.6. The number of carbonyl (C=O) groups excluding carboxylic acids is 1. The molecule has 1 N–H and O–H groups in total. The van der Waals surface area contributed by atoms with E-state index in [0.29, 0.717) is 28.4 Å². The molecule has 0 unspecified atom stereocenters. The van der Waals surface area contributed by atoms with Crippen molar-refractivity contribution in [2.24, 2.45) is 0 Å². The maximum atomic E-state index is 12.6. The molecule has 152 valence electrons. The monoisotopic (exact) mass is 415 g/mol. The van der Waals surface area contributed by atoms with Crippen molar-refractivity contribution >= 4 is 23.5 Å². The lowest BCUT2D eigenvalue weighted by atomic mass is 10.2. The van der Waals surface area contributed by atoms with Gasteiger partial charge in [0.15, 0.2) is 11.5 Å². The number of carbonyl (C=O) groups is 1. The number of anilines is 1. The van der Waals surface area contributed by atoms with E-state index in [0.717, 1.165) is 12.0 Å². The zero-order valence-electron chi connectivity index (χ0n) is 16.3. The third-order valence-corrected chi connectivity index (χ3v) is 5.54. The molecule has 0 aliphatic carbocycles. The third-order valence-electron chi connectivity index (χ3n) is 4.60. The van der Waals surface area contributed by atoms with E-state index < -0.39 is 5.25 Å². The summed E-state index contributed by atoms with van der Waals surface area (Å²) in [6.07, 6.45) is 2.59. The second-order valence-electron chi connectivity index (χ2n) is 6.61. The van der Waals surface area contributed by atoms with Crippen molar-refractivity contribution in [1.82, 2.24) is 20.0 Å². The van der Waals surface area contributed by atoms with Gasteiger partial charge in [0.1, 0.15) is 5.82 Å². The summed E-state index contributed by atoms with van der Waals surface area (Å²) in [5.74, 6) is 2.19. The van der Waals surface area contributed by atoms with Crippen LogP contribution in [0, 0.1) is 0 Å². The standard InChI is InChI=1S/C19H21N5O4S/c1-4-11(2)24-16(7-8-20-24)21-17(25)12(3)29-19-23-22-18(28-19)13-5-6-14-15(9-13)27-10-26-14/h5-9,11-12H,4,10H2,1-3H3,(H,21,25)/t11-,12+/m1/s1. The minimum Gasteiger partial charge on any atom is -0.454 e. The zero-order valence-corrected chi connectivity index (χ0v) is 17.1. The number of nitrogens with zero attached hydrogens (tertiary/aromatic N) is 4. The topological polar surface area (TPSA) is 104 Å². The number of rotatable bonds is 7. The van der Waals surface area contributed by atoms with Crippen LogP contribution in [-0.2, 0) is 4.79 Å². The summed E-state index contributed by atoms with van der Waals surface area (Å²) in [6.45, 7) is 6.11. The molecule has 29 heavy (non-hydrogen) atoms. The SMILES string of the molecule is CC[C@@H](C)n1nccc1NC(=O)[C@H](C)Sc1nnc(-c2ccc3c(c2)OCO3)o1. The maximum absolute atomic E-state index is 12.6. The summed E-state index contributed by atoms with van der Waals surface area (Å²) in [7, 11) is 0. The number of hydrogen-bond donors (Lipinski definition) is 1. The Bertz CT molecular complexity index is 1020. The first-order valence-electron chi connectivity index (χ1n) is 9.29. The lowest BCUT2D eigenvalue weighted by Crippen LogP contribution is -2.24. The van der Waals surface area contributed by atoms with Crippen LogP contribution in [0.1, 0.15) is 33.2 Å². The number of thioether (sulfide) groups is 1. The van der Waals surface area contributed by atoms with Gasteiger partial charge in [-0.15, -0.1) is 10.2 Å². The van der Waals surface area contributed by atoms with Crippen LogP contribution < -0.4 is 14.8 Å². The van der Waals surface area contributed by atoms with E-state index in [1.807, 2.05) is 6.07 Å². The van der Waals surface area contributed by atoms with Crippen molar-refractivity contribution in [2.75, 3.05) is 12.1 Å². The predicted molar refractivity (Wildman–Crippen MR) is 107 cm³/mol. The van der Waals surface area contributed by atoms with Crippen LogP contribution in [0.2, 0.25) is 0 Å². The van der Waals surface area contributed by atoms with Crippen molar-refractivity contribution in [1.29, 1.82) is 0 Å². The van der Waals surface area contributed by atoms with Gasteiger partial charge in [-0.2, -0.15) is 5.10 Å². The molecule has 2 aromatic heterocycles. The number of amides is 1. The minimum absolute atomic E-state index is 0.164. The molecule has 0 bridgehead atoms. The summed E-state index contributed by atoms with van der Waals surface area (Å²) in [6, 6.07) is 7.39. The van der Waals surface area contributed by atoms with Crippen molar-refractivity contribution in [3.05, 3.63) is 30.5 Å². The van der Waals surface area contributed by atoms with Gasteiger partial charge in [0.05, 0.1) is 17.5 Å². The molecular formula is C19H21N5O4S. The van der Waals surface area contributed by atoms with Crippen molar-refractivity contribution in [2.45, 2.75) is 43.7 Å². The van der Waals surface area contributed by atoms with Crippen LogP contribution >= 0.6 is 11.8 Å². The van der Waals surface area contributed by atoms with Crippen LogP contribution in [0.3, 0.4) is 0 Å². The van der Waals surface area contributed by atoms with Crippen molar-refractivity contribution in [3.63, 3.8) is 0 Å². The molecule has 9 nitrogen and oxygen atoms in total. The van der Waals surface area contributed by atoms with Gasteiger partial charge in [0.2, 0.25) is 18.6 Å². The van der Waals surface area contributed by atoms with E-state index in [9.17, 15) is 4.79 Å². The van der Waals surface area contributed by atoms with Crippen LogP contribution in [0.15, 0.2) is 40.1 Å². The van der Waals surface area contributed by atoms with Crippen molar-refractivity contribution < 1.29 is 18.7 Å². The van der Waals surface area contributed by atoms with E-state index in [1.165, 1.54) is 11.8 Å². The first-order valence-corrected chi connectivity index (χ1v) is 10.2. The van der Waals surface area contributed by atoms with Crippen LogP contribution in [0.25, 0.3) is 11.5 Å². The molecule has 3 heterocycles. The van der Waals surface area contributed by atoms with E-state index in [1.54, 1.807) is 36.0 Å². The fourth-order valence-corrected chi connectivity index (χ4v) is 3.46. The Kier molecular flexibility index (Phi) is 5.43. The van der Waals surface area contributed by atoms with Gasteiger partial charge in [0, 0.05) is 11.6 Å². The molecule has 0 fully saturated rings. The van der Waals surface area contributed by atoms with Crippen molar-refractivity contribution in [3.8, 4) is 23.0 Å². The molecule has 2 atom stereocenters. The molecule has 1 aliphatic rings. The van der Waals surface area contributed by atoms with Gasteiger partial charge in [-0.1, -0.05) is 18.7 Å². The highest BCUT2D eigenvalue weighted by Gasteiger charge is 2.21. The second kappa shape index (κ2) is 8.16. The predicted octanol–water partition coefficient (Wildman–Crippen LogP) is 3.75. The summed E-state index contributed by atoms with van der Waals surface area (Å²) in [5.41, 5.74) is 0.725. The maximum Gasteiger partial charge on any atom is 0.277 e.